The molecule has 1 aliphatic carbocycles. The Morgan fingerprint density at radius 3 is 2.50 bits per heavy atom. The van der Waals surface area contributed by atoms with E-state index in [9.17, 15) is 9.90 Å². The summed E-state index contributed by atoms with van der Waals surface area (Å²) in [7, 11) is 0. The Morgan fingerprint density at radius 2 is 2.00 bits per heavy atom. The molecular formula is C15H29NO4. The molecule has 1 aliphatic rings. The van der Waals surface area contributed by atoms with Crippen LogP contribution in [0.15, 0.2) is 0 Å². The molecule has 0 amide bonds. The van der Waals surface area contributed by atoms with Gasteiger partial charge in [0.05, 0.1) is 11.5 Å². The minimum atomic E-state index is -0.762. The summed E-state index contributed by atoms with van der Waals surface area (Å²) in [5.74, 6) is -0.590. The van der Waals surface area contributed by atoms with E-state index in [1.807, 2.05) is 0 Å². The Bertz CT molecular complexity index is 282. The maximum absolute atomic E-state index is 10.9. The van der Waals surface area contributed by atoms with Crippen molar-refractivity contribution in [3.05, 3.63) is 0 Å². The molecule has 5 heteroatoms. The molecule has 0 aromatic carbocycles. The summed E-state index contributed by atoms with van der Waals surface area (Å²) >= 11 is 0. The number of nitrogens with one attached hydrogen (secondary N) is 1. The molecule has 20 heavy (non-hydrogen) atoms. The van der Waals surface area contributed by atoms with Crippen LogP contribution in [0.5, 0.6) is 0 Å². The van der Waals surface area contributed by atoms with E-state index in [1.54, 1.807) is 0 Å². The molecule has 0 heterocycles. The van der Waals surface area contributed by atoms with E-state index in [1.165, 1.54) is 0 Å². The van der Waals surface area contributed by atoms with Gasteiger partial charge >= 0.3 is 5.97 Å². The number of rotatable bonds is 9. The standard InChI is InChI=1S/C15H29NO4/c1-2-3-12(6-9-17)10-16-11-15(20)7-4-13(5-8-15)14(18)19/h12-13,16-17,20H,2-11H2,1H3,(H,18,19). The third-order valence-electron chi connectivity index (χ3n) is 4.39. The maximum atomic E-state index is 10.9. The highest BCUT2D eigenvalue weighted by Crippen LogP contribution is 2.31. The van der Waals surface area contributed by atoms with E-state index in [0.29, 0.717) is 38.1 Å². The van der Waals surface area contributed by atoms with Crippen molar-refractivity contribution in [3.8, 4) is 0 Å². The van der Waals surface area contributed by atoms with Gasteiger partial charge in [0.15, 0.2) is 0 Å². The number of aliphatic hydroxyl groups is 2. The normalized spacial score (nSPS) is 28.2. The van der Waals surface area contributed by atoms with E-state index < -0.39 is 11.6 Å². The molecule has 0 aromatic rings. The summed E-state index contributed by atoms with van der Waals surface area (Å²) in [5, 5.41) is 31.7. The van der Waals surface area contributed by atoms with E-state index in [-0.39, 0.29) is 12.5 Å². The van der Waals surface area contributed by atoms with Crippen molar-refractivity contribution in [3.63, 3.8) is 0 Å². The van der Waals surface area contributed by atoms with Crippen molar-refractivity contribution >= 4 is 5.97 Å². The number of hydrogen-bond acceptors (Lipinski definition) is 4. The SMILES string of the molecule is CCCC(CCO)CNCC1(O)CCC(C(=O)O)CC1. The Hall–Kier alpha value is -0.650. The Kier molecular flexibility index (Phi) is 7.48. The number of hydrogen-bond donors (Lipinski definition) is 4. The molecule has 0 saturated heterocycles. The molecule has 0 radical (unpaired) electrons. The zero-order valence-electron chi connectivity index (χ0n) is 12.5. The molecule has 0 bridgehead atoms. The molecule has 1 unspecified atom stereocenters. The highest BCUT2D eigenvalue weighted by molar-refractivity contribution is 5.70. The average molecular weight is 287 g/mol. The van der Waals surface area contributed by atoms with E-state index in [0.717, 1.165) is 25.8 Å². The number of carbonyl (C=O) groups is 1. The monoisotopic (exact) mass is 287 g/mol. The van der Waals surface area contributed by atoms with Gasteiger partial charge in [0.25, 0.3) is 0 Å². The second kappa shape index (κ2) is 8.60. The quantitative estimate of drug-likeness (QED) is 0.514. The first-order valence-corrected chi connectivity index (χ1v) is 7.77. The van der Waals surface area contributed by atoms with Crippen LogP contribution in [0.3, 0.4) is 0 Å². The lowest BCUT2D eigenvalue weighted by atomic mass is 9.78. The van der Waals surface area contributed by atoms with Crippen LogP contribution in [-0.2, 0) is 4.79 Å². The van der Waals surface area contributed by atoms with Gasteiger partial charge in [0, 0.05) is 13.2 Å². The molecular weight excluding hydrogens is 258 g/mol. The highest BCUT2D eigenvalue weighted by atomic mass is 16.4. The first-order chi connectivity index (χ1) is 9.50. The number of carboxylic acids is 1. The van der Waals surface area contributed by atoms with E-state index in [4.69, 9.17) is 10.2 Å². The molecule has 1 saturated carbocycles. The van der Waals surface area contributed by atoms with Crippen molar-refractivity contribution < 1.29 is 20.1 Å². The number of carboxylic acid groups (broad SMARTS) is 1. The van der Waals surface area contributed by atoms with E-state index in [2.05, 4.69) is 12.2 Å². The summed E-state index contributed by atoms with van der Waals surface area (Å²) in [5.41, 5.74) is -0.762. The molecule has 0 aliphatic heterocycles. The predicted molar refractivity (Wildman–Crippen MR) is 77.5 cm³/mol. The van der Waals surface area contributed by atoms with Crippen LogP contribution in [0.4, 0.5) is 0 Å². The van der Waals surface area contributed by atoms with Gasteiger partial charge in [0.2, 0.25) is 0 Å². The van der Waals surface area contributed by atoms with Crippen LogP contribution >= 0.6 is 0 Å². The lowest BCUT2D eigenvalue weighted by molar-refractivity contribution is -0.144. The molecule has 1 rings (SSSR count). The van der Waals surface area contributed by atoms with Gasteiger partial charge in [-0.3, -0.25) is 4.79 Å². The van der Waals surface area contributed by atoms with Gasteiger partial charge in [-0.2, -0.15) is 0 Å². The number of aliphatic carboxylic acids is 1. The Labute approximate surface area is 121 Å². The lowest BCUT2D eigenvalue weighted by Crippen LogP contribution is -2.45. The first-order valence-electron chi connectivity index (χ1n) is 7.77. The second-order valence-corrected chi connectivity index (χ2v) is 6.13. The van der Waals surface area contributed by atoms with Gasteiger partial charge in [-0.1, -0.05) is 13.3 Å². The van der Waals surface area contributed by atoms with Crippen molar-refractivity contribution in [2.75, 3.05) is 19.7 Å². The predicted octanol–water partition coefficient (Wildman–Crippen LogP) is 1.38. The molecule has 0 spiro atoms. The summed E-state index contributed by atoms with van der Waals surface area (Å²) in [6, 6.07) is 0. The minimum Gasteiger partial charge on any atom is -0.481 e. The topological polar surface area (TPSA) is 89.8 Å². The third kappa shape index (κ3) is 5.77. The third-order valence-corrected chi connectivity index (χ3v) is 4.39. The summed E-state index contributed by atoms with van der Waals surface area (Å²) in [6.45, 7) is 3.66. The van der Waals surface area contributed by atoms with Crippen LogP contribution in [0.2, 0.25) is 0 Å². The second-order valence-electron chi connectivity index (χ2n) is 6.13. The van der Waals surface area contributed by atoms with Gasteiger partial charge in [-0.15, -0.1) is 0 Å². The Balaban J connectivity index is 2.28. The zero-order valence-corrected chi connectivity index (χ0v) is 12.5. The fourth-order valence-corrected chi connectivity index (χ4v) is 3.03. The number of aliphatic hydroxyl groups excluding tert-OH is 1. The van der Waals surface area contributed by atoms with Gasteiger partial charge in [0.1, 0.15) is 0 Å². The average Bonchev–Trinajstić information content (AvgIpc) is 2.39. The van der Waals surface area contributed by atoms with Crippen molar-refractivity contribution in [1.29, 1.82) is 0 Å². The fourth-order valence-electron chi connectivity index (χ4n) is 3.03. The van der Waals surface area contributed by atoms with Crippen LogP contribution in [0.25, 0.3) is 0 Å². The molecule has 1 atom stereocenters. The molecule has 1 fully saturated rings. The zero-order chi connectivity index (χ0) is 15.0. The fraction of sp³-hybridized carbons (Fsp3) is 0.933. The smallest absolute Gasteiger partial charge is 0.306 e. The highest BCUT2D eigenvalue weighted by Gasteiger charge is 2.35. The molecule has 5 nitrogen and oxygen atoms in total. The Morgan fingerprint density at radius 1 is 1.35 bits per heavy atom. The van der Waals surface area contributed by atoms with Crippen molar-refractivity contribution in [2.45, 2.75) is 57.5 Å². The molecule has 4 N–H and O–H groups in total. The van der Waals surface area contributed by atoms with Gasteiger partial charge in [-0.05, 0) is 51.0 Å². The lowest BCUT2D eigenvalue weighted by Gasteiger charge is -2.35. The van der Waals surface area contributed by atoms with Gasteiger partial charge < -0.3 is 20.6 Å². The minimum absolute atomic E-state index is 0.205. The van der Waals surface area contributed by atoms with Crippen LogP contribution < -0.4 is 5.32 Å². The van der Waals surface area contributed by atoms with Crippen molar-refractivity contribution in [1.82, 2.24) is 5.32 Å². The van der Waals surface area contributed by atoms with Crippen molar-refractivity contribution in [2.24, 2.45) is 11.8 Å². The summed E-state index contributed by atoms with van der Waals surface area (Å²) in [6.07, 6.45) is 5.18. The van der Waals surface area contributed by atoms with E-state index >= 15 is 0 Å². The summed E-state index contributed by atoms with van der Waals surface area (Å²) in [4.78, 5) is 10.9. The van der Waals surface area contributed by atoms with Crippen LogP contribution in [0.1, 0.15) is 51.9 Å². The first kappa shape index (κ1) is 17.4. The largest absolute Gasteiger partial charge is 0.481 e. The van der Waals surface area contributed by atoms with Crippen LogP contribution in [0, 0.1) is 11.8 Å². The van der Waals surface area contributed by atoms with Gasteiger partial charge in [-0.25, -0.2) is 0 Å². The molecule has 0 aromatic heterocycles. The maximum Gasteiger partial charge on any atom is 0.306 e. The van der Waals surface area contributed by atoms with Crippen LogP contribution in [-0.4, -0.2) is 46.6 Å². The summed E-state index contributed by atoms with van der Waals surface area (Å²) < 4.78 is 0. The molecule has 118 valence electrons.